The summed E-state index contributed by atoms with van der Waals surface area (Å²) >= 11 is 0. The van der Waals surface area contributed by atoms with Crippen LogP contribution in [0.1, 0.15) is 37.1 Å². The highest BCUT2D eigenvalue weighted by molar-refractivity contribution is 5.65. The van der Waals surface area contributed by atoms with Gasteiger partial charge in [-0.25, -0.2) is 4.39 Å². The van der Waals surface area contributed by atoms with Gasteiger partial charge in [0.2, 0.25) is 5.67 Å². The van der Waals surface area contributed by atoms with Gasteiger partial charge in [-0.05, 0) is 25.7 Å². The molecule has 0 fully saturated rings. The Hall–Kier alpha value is -1.26. The predicted octanol–water partition coefficient (Wildman–Crippen LogP) is 1.30. The minimum Gasteiger partial charge on any atom is -0.299 e. The highest BCUT2D eigenvalue weighted by atomic mass is 19.1. The highest BCUT2D eigenvalue weighted by Crippen LogP contribution is 2.33. The van der Waals surface area contributed by atoms with Gasteiger partial charge in [0.15, 0.2) is 6.29 Å². The Bertz CT molecular complexity index is 377. The fourth-order valence-corrected chi connectivity index (χ4v) is 2.06. The molecule has 1 aromatic rings. The molecule has 0 bridgehead atoms. The fourth-order valence-electron chi connectivity index (χ4n) is 2.06. The second kappa shape index (κ2) is 3.72. The SMILES string of the molecule is Cn1nnc2c1CCCCCC2(F)C=O. The van der Waals surface area contributed by atoms with Crippen molar-refractivity contribution in [1.29, 1.82) is 0 Å². The molecule has 15 heavy (non-hydrogen) atoms. The number of aromatic nitrogens is 3. The highest BCUT2D eigenvalue weighted by Gasteiger charge is 2.38. The second-order valence-electron chi connectivity index (χ2n) is 4.05. The number of rotatable bonds is 1. The third-order valence-corrected chi connectivity index (χ3v) is 2.98. The summed E-state index contributed by atoms with van der Waals surface area (Å²) in [6, 6.07) is 0. The van der Waals surface area contributed by atoms with Gasteiger partial charge in [-0.15, -0.1) is 5.10 Å². The smallest absolute Gasteiger partial charge is 0.210 e. The van der Waals surface area contributed by atoms with Crippen molar-refractivity contribution >= 4 is 6.29 Å². The first-order valence-corrected chi connectivity index (χ1v) is 5.21. The third kappa shape index (κ3) is 1.66. The first-order chi connectivity index (χ1) is 7.17. The Kier molecular flexibility index (Phi) is 2.54. The summed E-state index contributed by atoms with van der Waals surface area (Å²) in [6.45, 7) is 0. The molecular weight excluding hydrogens is 197 g/mol. The molecule has 0 N–H and O–H groups in total. The van der Waals surface area contributed by atoms with E-state index in [1.165, 1.54) is 0 Å². The van der Waals surface area contributed by atoms with Gasteiger partial charge in [-0.1, -0.05) is 11.6 Å². The van der Waals surface area contributed by atoms with Crippen LogP contribution in [0.2, 0.25) is 0 Å². The van der Waals surface area contributed by atoms with Gasteiger partial charge in [-0.3, -0.25) is 9.48 Å². The van der Waals surface area contributed by atoms with Crippen LogP contribution < -0.4 is 0 Å². The molecule has 1 unspecified atom stereocenters. The molecule has 4 nitrogen and oxygen atoms in total. The maximum absolute atomic E-state index is 14.3. The molecule has 0 radical (unpaired) electrons. The topological polar surface area (TPSA) is 47.8 Å². The minimum absolute atomic E-state index is 0.222. The van der Waals surface area contributed by atoms with E-state index in [9.17, 15) is 9.18 Å². The Balaban J connectivity index is 2.48. The summed E-state index contributed by atoms with van der Waals surface area (Å²) < 4.78 is 15.8. The molecule has 1 heterocycles. The zero-order valence-electron chi connectivity index (χ0n) is 8.74. The largest absolute Gasteiger partial charge is 0.299 e. The van der Waals surface area contributed by atoms with Gasteiger partial charge in [-0.2, -0.15) is 0 Å². The van der Waals surface area contributed by atoms with E-state index in [4.69, 9.17) is 0 Å². The van der Waals surface area contributed by atoms with Crippen LogP contribution in [0, 0.1) is 0 Å². The van der Waals surface area contributed by atoms with Crippen LogP contribution in [0.3, 0.4) is 0 Å². The van der Waals surface area contributed by atoms with Crippen molar-refractivity contribution in [2.24, 2.45) is 7.05 Å². The van der Waals surface area contributed by atoms with Gasteiger partial charge < -0.3 is 0 Å². The summed E-state index contributed by atoms with van der Waals surface area (Å²) in [4.78, 5) is 10.9. The molecule has 5 heteroatoms. The van der Waals surface area contributed by atoms with Crippen LogP contribution in [0.25, 0.3) is 0 Å². The lowest BCUT2D eigenvalue weighted by Crippen LogP contribution is -2.26. The number of carbonyl (C=O) groups is 1. The van der Waals surface area contributed by atoms with Crippen LogP contribution in [0.15, 0.2) is 0 Å². The minimum atomic E-state index is -1.93. The Labute approximate surface area is 87.5 Å². The van der Waals surface area contributed by atoms with Crippen molar-refractivity contribution in [2.45, 2.75) is 37.8 Å². The number of alkyl halides is 1. The van der Waals surface area contributed by atoms with Crippen molar-refractivity contribution in [1.82, 2.24) is 15.0 Å². The molecule has 0 saturated carbocycles. The van der Waals surface area contributed by atoms with Crippen molar-refractivity contribution in [3.05, 3.63) is 11.4 Å². The number of hydrogen-bond acceptors (Lipinski definition) is 3. The van der Waals surface area contributed by atoms with E-state index in [0.717, 1.165) is 31.4 Å². The first kappa shape index (κ1) is 10.3. The number of carbonyl (C=O) groups excluding carboxylic acids is 1. The Morgan fingerprint density at radius 2 is 2.27 bits per heavy atom. The zero-order valence-corrected chi connectivity index (χ0v) is 8.74. The van der Waals surface area contributed by atoms with Crippen LogP contribution >= 0.6 is 0 Å². The van der Waals surface area contributed by atoms with Crippen LogP contribution in [-0.2, 0) is 23.9 Å². The molecule has 1 aliphatic carbocycles. The number of aldehydes is 1. The summed E-state index contributed by atoms with van der Waals surface area (Å²) in [6.07, 6.45) is 4.02. The van der Waals surface area contributed by atoms with E-state index in [2.05, 4.69) is 10.3 Å². The predicted molar refractivity (Wildman–Crippen MR) is 52.0 cm³/mol. The number of nitrogens with zero attached hydrogens (tertiary/aromatic N) is 3. The summed E-state index contributed by atoms with van der Waals surface area (Å²) in [5.74, 6) is 0. The molecule has 0 amide bonds. The first-order valence-electron chi connectivity index (χ1n) is 5.21. The molecular formula is C10H14FN3O. The molecule has 82 valence electrons. The van der Waals surface area contributed by atoms with Crippen LogP contribution in [-0.4, -0.2) is 21.3 Å². The van der Waals surface area contributed by atoms with E-state index < -0.39 is 5.67 Å². The molecule has 2 rings (SSSR count). The van der Waals surface area contributed by atoms with E-state index in [0.29, 0.717) is 6.29 Å². The Morgan fingerprint density at radius 1 is 1.47 bits per heavy atom. The average Bonchev–Trinajstić information content (AvgIpc) is 2.57. The van der Waals surface area contributed by atoms with Gasteiger partial charge >= 0.3 is 0 Å². The molecule has 0 aromatic carbocycles. The summed E-state index contributed by atoms with van der Waals surface area (Å²) in [7, 11) is 1.73. The van der Waals surface area contributed by atoms with E-state index in [1.807, 2.05) is 0 Å². The number of hydrogen-bond donors (Lipinski definition) is 0. The molecule has 1 aromatic heterocycles. The van der Waals surface area contributed by atoms with E-state index >= 15 is 0 Å². The number of halogens is 1. The standard InChI is InChI=1S/C10H14FN3O/c1-14-8-5-3-2-4-6-10(11,7-15)9(8)12-13-14/h7H,2-6H2,1H3. The lowest BCUT2D eigenvalue weighted by Gasteiger charge is -2.20. The van der Waals surface area contributed by atoms with Crippen LogP contribution in [0.4, 0.5) is 4.39 Å². The van der Waals surface area contributed by atoms with Gasteiger partial charge in [0, 0.05) is 7.05 Å². The maximum atomic E-state index is 14.3. The molecule has 0 saturated heterocycles. The Morgan fingerprint density at radius 3 is 3.00 bits per heavy atom. The fraction of sp³-hybridized carbons (Fsp3) is 0.700. The zero-order chi connectivity index (χ0) is 10.9. The van der Waals surface area contributed by atoms with Crippen molar-refractivity contribution in [2.75, 3.05) is 0 Å². The van der Waals surface area contributed by atoms with Crippen molar-refractivity contribution < 1.29 is 9.18 Å². The lowest BCUT2D eigenvalue weighted by molar-refractivity contribution is -0.119. The third-order valence-electron chi connectivity index (χ3n) is 2.98. The number of aryl methyl sites for hydroxylation is 1. The van der Waals surface area contributed by atoms with Crippen LogP contribution in [0.5, 0.6) is 0 Å². The molecule has 0 spiro atoms. The quantitative estimate of drug-likeness (QED) is 0.658. The molecule has 1 atom stereocenters. The second-order valence-corrected chi connectivity index (χ2v) is 4.05. The summed E-state index contributed by atoms with van der Waals surface area (Å²) in [5.41, 5.74) is -0.951. The normalized spacial score (nSPS) is 26.5. The molecule has 0 aliphatic heterocycles. The average molecular weight is 211 g/mol. The number of fused-ring (bicyclic) bond motifs is 1. The monoisotopic (exact) mass is 211 g/mol. The maximum Gasteiger partial charge on any atom is 0.210 e. The van der Waals surface area contributed by atoms with E-state index in [-0.39, 0.29) is 12.1 Å². The van der Waals surface area contributed by atoms with Crippen molar-refractivity contribution in [3.63, 3.8) is 0 Å². The van der Waals surface area contributed by atoms with Crippen molar-refractivity contribution in [3.8, 4) is 0 Å². The van der Waals surface area contributed by atoms with Gasteiger partial charge in [0.25, 0.3) is 0 Å². The van der Waals surface area contributed by atoms with E-state index in [1.54, 1.807) is 11.7 Å². The lowest BCUT2D eigenvalue weighted by atomic mass is 9.90. The summed E-state index contributed by atoms with van der Waals surface area (Å²) in [5, 5.41) is 7.58. The van der Waals surface area contributed by atoms with Gasteiger partial charge in [0.05, 0.1) is 5.69 Å². The molecule has 1 aliphatic rings. The van der Waals surface area contributed by atoms with Gasteiger partial charge in [0.1, 0.15) is 5.69 Å².